The zero-order valence-corrected chi connectivity index (χ0v) is 8.67. The Kier molecular flexibility index (Phi) is 3.89. The van der Waals surface area contributed by atoms with Gasteiger partial charge >= 0.3 is 0 Å². The van der Waals surface area contributed by atoms with Crippen molar-refractivity contribution in [1.82, 2.24) is 0 Å². The van der Waals surface area contributed by atoms with Crippen LogP contribution in [0.1, 0.15) is 20.3 Å². The molecule has 14 heavy (non-hydrogen) atoms. The van der Waals surface area contributed by atoms with Gasteiger partial charge in [0.15, 0.2) is 0 Å². The molecule has 4 N–H and O–H groups in total. The van der Waals surface area contributed by atoms with Crippen LogP contribution in [0.15, 0.2) is 0 Å². The van der Waals surface area contributed by atoms with Gasteiger partial charge in [-0.25, -0.2) is 0 Å². The molecular weight excluding hydrogens is 184 g/mol. The van der Waals surface area contributed by atoms with E-state index in [9.17, 15) is 15.3 Å². The maximum Gasteiger partial charge on any atom is 0.106 e. The summed E-state index contributed by atoms with van der Waals surface area (Å²) in [5.41, 5.74) is 0. The fourth-order valence-corrected chi connectivity index (χ4v) is 2.21. The van der Waals surface area contributed by atoms with E-state index in [4.69, 9.17) is 5.11 Å². The van der Waals surface area contributed by atoms with Crippen LogP contribution in [-0.2, 0) is 0 Å². The normalized spacial score (nSPS) is 44.4. The summed E-state index contributed by atoms with van der Waals surface area (Å²) in [6, 6.07) is 0. The molecule has 0 bridgehead atoms. The number of aliphatic hydroxyl groups excluding tert-OH is 4. The molecule has 0 amide bonds. The molecule has 5 atom stereocenters. The third kappa shape index (κ3) is 2.08. The molecule has 0 radical (unpaired) electrons. The first-order valence-corrected chi connectivity index (χ1v) is 5.14. The fraction of sp³-hybridized carbons (Fsp3) is 1.00. The van der Waals surface area contributed by atoms with Crippen molar-refractivity contribution in [3.63, 3.8) is 0 Å². The van der Waals surface area contributed by atoms with Gasteiger partial charge in [-0.2, -0.15) is 0 Å². The monoisotopic (exact) mass is 204 g/mol. The van der Waals surface area contributed by atoms with E-state index in [1.54, 1.807) is 0 Å². The summed E-state index contributed by atoms with van der Waals surface area (Å²) in [6.07, 6.45) is -2.46. The lowest BCUT2D eigenvalue weighted by Crippen LogP contribution is -2.53. The molecular formula is C10H20O4. The minimum atomic E-state index is -1.13. The Morgan fingerprint density at radius 3 is 2.07 bits per heavy atom. The Balaban J connectivity index is 2.73. The molecule has 1 aliphatic rings. The van der Waals surface area contributed by atoms with E-state index in [2.05, 4.69) is 0 Å². The average Bonchev–Trinajstić information content (AvgIpc) is 2.14. The molecule has 0 aromatic carbocycles. The van der Waals surface area contributed by atoms with E-state index < -0.39 is 18.3 Å². The number of hydrogen-bond donors (Lipinski definition) is 4. The molecule has 1 saturated carbocycles. The zero-order chi connectivity index (χ0) is 10.9. The standard InChI is InChI=1S/C10H20O4/c1-5(2)7-3-6(4-11)8(12)10(14)9(7)13/h5-14H,3-4H2,1-2H3/t6-,7?,8-,9-,10+/m1/s1. The lowest BCUT2D eigenvalue weighted by Gasteiger charge is -2.41. The molecule has 1 rings (SSSR count). The molecule has 1 unspecified atom stereocenters. The molecule has 0 aromatic heterocycles. The predicted octanol–water partition coefficient (Wildman–Crippen LogP) is -0.647. The lowest BCUT2D eigenvalue weighted by molar-refractivity contribution is -0.149. The topological polar surface area (TPSA) is 80.9 Å². The van der Waals surface area contributed by atoms with E-state index >= 15 is 0 Å². The molecule has 0 aliphatic heterocycles. The molecule has 0 aromatic rings. The third-order valence-corrected chi connectivity index (χ3v) is 3.29. The van der Waals surface area contributed by atoms with E-state index in [-0.39, 0.29) is 24.4 Å². The maximum absolute atomic E-state index is 9.70. The van der Waals surface area contributed by atoms with Gasteiger partial charge in [0, 0.05) is 12.5 Å². The number of hydrogen-bond acceptors (Lipinski definition) is 4. The fourth-order valence-electron chi connectivity index (χ4n) is 2.21. The van der Waals surface area contributed by atoms with E-state index in [1.807, 2.05) is 13.8 Å². The van der Waals surface area contributed by atoms with Crippen molar-refractivity contribution in [2.24, 2.45) is 17.8 Å². The van der Waals surface area contributed by atoms with E-state index in [0.717, 1.165) is 0 Å². The maximum atomic E-state index is 9.70. The van der Waals surface area contributed by atoms with Crippen LogP contribution in [0.3, 0.4) is 0 Å². The molecule has 4 heteroatoms. The van der Waals surface area contributed by atoms with Gasteiger partial charge in [-0.15, -0.1) is 0 Å². The largest absolute Gasteiger partial charge is 0.396 e. The lowest BCUT2D eigenvalue weighted by atomic mass is 9.72. The predicted molar refractivity (Wildman–Crippen MR) is 51.5 cm³/mol. The summed E-state index contributed by atoms with van der Waals surface area (Å²) in [6.45, 7) is 3.79. The highest BCUT2D eigenvalue weighted by molar-refractivity contribution is 4.93. The minimum absolute atomic E-state index is 0.0504. The van der Waals surface area contributed by atoms with E-state index in [0.29, 0.717) is 6.42 Å². The quantitative estimate of drug-likeness (QED) is 0.482. The van der Waals surface area contributed by atoms with Crippen molar-refractivity contribution in [3.8, 4) is 0 Å². The van der Waals surface area contributed by atoms with Crippen molar-refractivity contribution in [3.05, 3.63) is 0 Å². The van der Waals surface area contributed by atoms with Crippen LogP contribution in [0.25, 0.3) is 0 Å². The van der Waals surface area contributed by atoms with Crippen LogP contribution in [0.2, 0.25) is 0 Å². The van der Waals surface area contributed by atoms with Crippen molar-refractivity contribution in [2.75, 3.05) is 6.61 Å². The molecule has 4 nitrogen and oxygen atoms in total. The second-order valence-electron chi connectivity index (χ2n) is 4.56. The van der Waals surface area contributed by atoms with Crippen LogP contribution in [0.4, 0.5) is 0 Å². The summed E-state index contributed by atoms with van der Waals surface area (Å²) >= 11 is 0. The van der Waals surface area contributed by atoms with Crippen LogP contribution < -0.4 is 0 Å². The average molecular weight is 204 g/mol. The molecule has 1 fully saturated rings. The number of rotatable bonds is 2. The highest BCUT2D eigenvalue weighted by atomic mass is 16.4. The van der Waals surface area contributed by atoms with Crippen molar-refractivity contribution >= 4 is 0 Å². The summed E-state index contributed by atoms with van der Waals surface area (Å²) in [5, 5.41) is 37.8. The van der Waals surface area contributed by atoms with Crippen LogP contribution >= 0.6 is 0 Å². The Hall–Kier alpha value is -0.160. The zero-order valence-electron chi connectivity index (χ0n) is 8.67. The molecule has 0 saturated heterocycles. The van der Waals surface area contributed by atoms with Gasteiger partial charge in [0.1, 0.15) is 6.10 Å². The second kappa shape index (κ2) is 4.57. The highest BCUT2D eigenvalue weighted by Gasteiger charge is 2.43. The summed E-state index contributed by atoms with van der Waals surface area (Å²) in [5.74, 6) is -0.132. The second-order valence-corrected chi connectivity index (χ2v) is 4.56. The first kappa shape index (κ1) is 11.9. The van der Waals surface area contributed by atoms with Gasteiger partial charge in [0.2, 0.25) is 0 Å². The Morgan fingerprint density at radius 1 is 1.07 bits per heavy atom. The van der Waals surface area contributed by atoms with Gasteiger partial charge in [-0.3, -0.25) is 0 Å². The van der Waals surface area contributed by atoms with Crippen molar-refractivity contribution < 1.29 is 20.4 Å². The Morgan fingerprint density at radius 2 is 1.64 bits per heavy atom. The summed E-state index contributed by atoms with van der Waals surface area (Å²) in [4.78, 5) is 0. The van der Waals surface area contributed by atoms with Gasteiger partial charge in [-0.05, 0) is 18.3 Å². The molecule has 1 aliphatic carbocycles. The summed E-state index contributed by atoms with van der Waals surface area (Å²) in [7, 11) is 0. The first-order valence-electron chi connectivity index (χ1n) is 5.14. The van der Waals surface area contributed by atoms with Gasteiger partial charge < -0.3 is 20.4 Å². The van der Waals surface area contributed by atoms with Crippen LogP contribution in [0, 0.1) is 17.8 Å². The van der Waals surface area contributed by atoms with Crippen LogP contribution in [0.5, 0.6) is 0 Å². The number of aliphatic hydroxyl groups is 4. The van der Waals surface area contributed by atoms with E-state index in [1.165, 1.54) is 0 Å². The third-order valence-electron chi connectivity index (χ3n) is 3.29. The molecule has 0 spiro atoms. The highest BCUT2D eigenvalue weighted by Crippen LogP contribution is 2.34. The smallest absolute Gasteiger partial charge is 0.106 e. The molecule has 84 valence electrons. The van der Waals surface area contributed by atoms with Crippen LogP contribution in [-0.4, -0.2) is 45.3 Å². The Labute approximate surface area is 84.2 Å². The van der Waals surface area contributed by atoms with Crippen molar-refractivity contribution in [2.45, 2.75) is 38.6 Å². The Bertz CT molecular complexity index is 181. The SMILES string of the molecule is CC(C)C1C[C@H](CO)[C@@H](O)[C@H](O)[C@@H]1O. The van der Waals surface area contributed by atoms with Crippen molar-refractivity contribution in [1.29, 1.82) is 0 Å². The molecule has 0 heterocycles. The summed E-state index contributed by atoms with van der Waals surface area (Å²) < 4.78 is 0. The minimum Gasteiger partial charge on any atom is -0.396 e. The first-order chi connectivity index (χ1) is 6.49. The van der Waals surface area contributed by atoms with Gasteiger partial charge in [0.05, 0.1) is 12.2 Å². The van der Waals surface area contributed by atoms with Gasteiger partial charge in [0.25, 0.3) is 0 Å². The van der Waals surface area contributed by atoms with Gasteiger partial charge in [-0.1, -0.05) is 13.8 Å².